The van der Waals surface area contributed by atoms with Crippen molar-refractivity contribution in [3.05, 3.63) is 97.2 Å². The van der Waals surface area contributed by atoms with E-state index in [4.69, 9.17) is 14.2 Å². The highest BCUT2D eigenvalue weighted by molar-refractivity contribution is 5.71. The van der Waals surface area contributed by atoms with E-state index in [1.54, 1.807) is 0 Å². The molecule has 0 aliphatic heterocycles. The van der Waals surface area contributed by atoms with E-state index in [9.17, 15) is 14.4 Å². The van der Waals surface area contributed by atoms with Crippen LogP contribution >= 0.6 is 0 Å². The van der Waals surface area contributed by atoms with Crippen molar-refractivity contribution in [2.75, 3.05) is 13.2 Å². The van der Waals surface area contributed by atoms with Crippen LogP contribution in [0.1, 0.15) is 303 Å². The molecule has 0 saturated carbocycles. The fourth-order valence-corrected chi connectivity index (χ4v) is 8.84. The van der Waals surface area contributed by atoms with E-state index in [0.717, 1.165) is 96.3 Å². The van der Waals surface area contributed by atoms with Crippen LogP contribution in [0.25, 0.3) is 0 Å². The molecule has 1 atom stereocenters. The monoisotopic (exact) mass is 1040 g/mol. The molecule has 0 saturated heterocycles. The van der Waals surface area contributed by atoms with Gasteiger partial charge in [0, 0.05) is 19.3 Å². The van der Waals surface area contributed by atoms with Gasteiger partial charge in [0.25, 0.3) is 0 Å². The molecule has 0 aromatic rings. The number of unbranched alkanes of at least 4 members (excludes halogenated alkanes) is 30. The van der Waals surface area contributed by atoms with Gasteiger partial charge in [-0.05, 0) is 96.3 Å². The van der Waals surface area contributed by atoms with Crippen molar-refractivity contribution < 1.29 is 28.6 Å². The largest absolute Gasteiger partial charge is 0.462 e. The van der Waals surface area contributed by atoms with Crippen LogP contribution in [0.4, 0.5) is 0 Å². The summed E-state index contributed by atoms with van der Waals surface area (Å²) in [6.45, 7) is 6.48. The average Bonchev–Trinajstić information content (AvgIpc) is 3.41. The Morgan fingerprint density at radius 1 is 0.280 bits per heavy atom. The second kappa shape index (κ2) is 62.9. The van der Waals surface area contributed by atoms with E-state index in [0.29, 0.717) is 19.3 Å². The number of allylic oxidation sites excluding steroid dienone is 16. The van der Waals surface area contributed by atoms with Crippen LogP contribution in [0.5, 0.6) is 0 Å². The Labute approximate surface area is 464 Å². The van der Waals surface area contributed by atoms with Crippen molar-refractivity contribution in [2.24, 2.45) is 0 Å². The van der Waals surface area contributed by atoms with Gasteiger partial charge in [-0.3, -0.25) is 14.4 Å². The predicted molar refractivity (Wildman–Crippen MR) is 325 cm³/mol. The number of esters is 3. The molecule has 0 aliphatic carbocycles. The quantitative estimate of drug-likeness (QED) is 0.0261. The number of carbonyl (C=O) groups excluding carboxylic acids is 3. The van der Waals surface area contributed by atoms with Crippen molar-refractivity contribution >= 4 is 17.9 Å². The summed E-state index contributed by atoms with van der Waals surface area (Å²) in [5.41, 5.74) is 0. The zero-order valence-electron chi connectivity index (χ0n) is 49.3. The molecule has 0 amide bonds. The van der Waals surface area contributed by atoms with Gasteiger partial charge < -0.3 is 14.2 Å². The molecule has 0 spiro atoms. The van der Waals surface area contributed by atoms with Crippen LogP contribution in [-0.2, 0) is 28.6 Å². The molecule has 6 nitrogen and oxygen atoms in total. The molecule has 0 rings (SSSR count). The normalized spacial score (nSPS) is 12.7. The summed E-state index contributed by atoms with van der Waals surface area (Å²) in [6, 6.07) is 0. The Hall–Kier alpha value is -3.67. The lowest BCUT2D eigenvalue weighted by molar-refractivity contribution is -0.167. The van der Waals surface area contributed by atoms with Gasteiger partial charge in [0.15, 0.2) is 6.10 Å². The standard InChI is InChI=1S/C69H118O6/c1-4-7-10-13-16-19-22-25-28-31-33-34-36-39-42-45-48-51-54-57-60-63-69(72)75-66(64-73-67(70)61-58-55-52-49-46-43-40-37-30-27-24-21-18-15-12-9-6-3)65-74-68(71)62-59-56-53-50-47-44-41-38-35-32-29-26-23-20-17-14-11-8-5-2/h8,11,17,20,26-27,29-30,35,38,40,43-44,47,49,52,66H,4-7,9-10,12-16,18-19,21-25,28,31-34,36-37,39,41-42,45-46,48,50-51,53-65H2,1-3H3/b11-8-,20-17-,29-26-,30-27-,38-35-,43-40-,47-44-,52-49-/t66-/m0/s1. The second-order valence-electron chi connectivity index (χ2n) is 20.9. The maximum absolute atomic E-state index is 12.9. The summed E-state index contributed by atoms with van der Waals surface area (Å²) >= 11 is 0. The van der Waals surface area contributed by atoms with Crippen LogP contribution in [-0.4, -0.2) is 37.2 Å². The van der Waals surface area contributed by atoms with E-state index in [-0.39, 0.29) is 37.5 Å². The molecular weight excluding hydrogens is 925 g/mol. The predicted octanol–water partition coefficient (Wildman–Crippen LogP) is 21.7. The first-order chi connectivity index (χ1) is 37.0. The highest BCUT2D eigenvalue weighted by atomic mass is 16.6. The topological polar surface area (TPSA) is 78.9 Å². The first-order valence-electron chi connectivity index (χ1n) is 31.7. The zero-order chi connectivity index (χ0) is 54.3. The van der Waals surface area contributed by atoms with Gasteiger partial charge >= 0.3 is 17.9 Å². The summed E-state index contributed by atoms with van der Waals surface area (Å²) in [7, 11) is 0. The third-order valence-electron chi connectivity index (χ3n) is 13.6. The van der Waals surface area contributed by atoms with Gasteiger partial charge in [-0.15, -0.1) is 0 Å². The fourth-order valence-electron chi connectivity index (χ4n) is 8.84. The van der Waals surface area contributed by atoms with Crippen molar-refractivity contribution in [3.63, 3.8) is 0 Å². The Balaban J connectivity index is 4.47. The maximum Gasteiger partial charge on any atom is 0.306 e. The summed E-state index contributed by atoms with van der Waals surface area (Å²) in [4.78, 5) is 38.3. The highest BCUT2D eigenvalue weighted by Gasteiger charge is 2.19. The number of rotatable bonds is 57. The summed E-state index contributed by atoms with van der Waals surface area (Å²) in [5.74, 6) is -0.980. The minimum Gasteiger partial charge on any atom is -0.462 e. The first-order valence-corrected chi connectivity index (χ1v) is 31.7. The van der Waals surface area contributed by atoms with E-state index in [1.807, 2.05) is 0 Å². The molecule has 0 heterocycles. The molecule has 75 heavy (non-hydrogen) atoms. The lowest BCUT2D eigenvalue weighted by atomic mass is 10.0. The Bertz CT molecular complexity index is 1480. The van der Waals surface area contributed by atoms with Crippen molar-refractivity contribution in [3.8, 4) is 0 Å². The van der Waals surface area contributed by atoms with Crippen molar-refractivity contribution in [1.29, 1.82) is 0 Å². The van der Waals surface area contributed by atoms with E-state index < -0.39 is 6.10 Å². The zero-order valence-corrected chi connectivity index (χ0v) is 49.3. The highest BCUT2D eigenvalue weighted by Crippen LogP contribution is 2.16. The molecule has 0 aliphatic rings. The third kappa shape index (κ3) is 61.1. The summed E-state index contributed by atoms with van der Waals surface area (Å²) in [6.07, 6.45) is 84.2. The molecule has 0 aromatic heterocycles. The van der Waals surface area contributed by atoms with Crippen LogP contribution in [0, 0.1) is 0 Å². The number of carbonyl (C=O) groups is 3. The average molecular weight is 1040 g/mol. The summed E-state index contributed by atoms with van der Waals surface area (Å²) in [5, 5.41) is 0. The Morgan fingerprint density at radius 3 is 0.880 bits per heavy atom. The van der Waals surface area contributed by atoms with E-state index in [2.05, 4.69) is 118 Å². The lowest BCUT2D eigenvalue weighted by Gasteiger charge is -2.18. The Kier molecular flexibility index (Phi) is 59.8. The van der Waals surface area contributed by atoms with Crippen molar-refractivity contribution in [1.82, 2.24) is 0 Å². The van der Waals surface area contributed by atoms with Gasteiger partial charge in [0.05, 0.1) is 0 Å². The van der Waals surface area contributed by atoms with E-state index in [1.165, 1.54) is 161 Å². The van der Waals surface area contributed by atoms with Crippen LogP contribution in [0.3, 0.4) is 0 Å². The molecule has 0 aromatic carbocycles. The third-order valence-corrected chi connectivity index (χ3v) is 13.6. The fraction of sp³-hybridized carbons (Fsp3) is 0.725. The lowest BCUT2D eigenvalue weighted by Crippen LogP contribution is -2.30. The van der Waals surface area contributed by atoms with Crippen molar-refractivity contribution in [2.45, 2.75) is 309 Å². The van der Waals surface area contributed by atoms with Crippen LogP contribution in [0.15, 0.2) is 97.2 Å². The second-order valence-corrected chi connectivity index (χ2v) is 20.9. The van der Waals surface area contributed by atoms with E-state index >= 15 is 0 Å². The van der Waals surface area contributed by atoms with Crippen LogP contribution in [0.2, 0.25) is 0 Å². The van der Waals surface area contributed by atoms with Gasteiger partial charge in [-0.2, -0.15) is 0 Å². The molecule has 0 radical (unpaired) electrons. The number of hydrogen-bond acceptors (Lipinski definition) is 6. The molecule has 0 bridgehead atoms. The smallest absolute Gasteiger partial charge is 0.306 e. The molecular formula is C69H118O6. The summed E-state index contributed by atoms with van der Waals surface area (Å²) < 4.78 is 16.9. The number of hydrogen-bond donors (Lipinski definition) is 0. The van der Waals surface area contributed by atoms with Crippen LogP contribution < -0.4 is 0 Å². The maximum atomic E-state index is 12.9. The number of ether oxygens (including phenoxy) is 3. The molecule has 6 heteroatoms. The molecule has 0 unspecified atom stereocenters. The van der Waals surface area contributed by atoms with Gasteiger partial charge in [0.2, 0.25) is 0 Å². The minimum absolute atomic E-state index is 0.109. The first kappa shape index (κ1) is 71.3. The van der Waals surface area contributed by atoms with Gasteiger partial charge in [-0.25, -0.2) is 0 Å². The van der Waals surface area contributed by atoms with Gasteiger partial charge in [-0.1, -0.05) is 285 Å². The van der Waals surface area contributed by atoms with Gasteiger partial charge in [0.1, 0.15) is 13.2 Å². The molecule has 0 N–H and O–H groups in total. The Morgan fingerprint density at radius 2 is 0.533 bits per heavy atom. The molecule has 0 fully saturated rings. The SMILES string of the molecule is CC/C=C\C/C=C\C/C=C\C/C=C\C/C=C\CCCCCC(=O)OC[C@H](COC(=O)CCC/C=C\C/C=C\C/C=C\CCCCCCCC)OC(=O)CCCCCCCCCCCCCCCCCCCCCCC. The molecule has 430 valence electrons. The minimum atomic E-state index is -0.812.